The van der Waals surface area contributed by atoms with Crippen LogP contribution in [0, 0.1) is 5.82 Å². The average Bonchev–Trinajstić information content (AvgIpc) is 2.20. The second-order valence-electron chi connectivity index (χ2n) is 3.84. The maximum atomic E-state index is 13.9. The fourth-order valence-corrected chi connectivity index (χ4v) is 1.29. The third-order valence-corrected chi connectivity index (χ3v) is 2.43. The lowest BCUT2D eigenvalue weighted by molar-refractivity contribution is 0.582. The molecule has 0 unspecified atom stereocenters. The number of nitrogens with one attached hydrogen (secondary N) is 1. The van der Waals surface area contributed by atoms with Gasteiger partial charge in [-0.05, 0) is 27.0 Å². The van der Waals surface area contributed by atoms with Gasteiger partial charge in [0.25, 0.3) is 0 Å². The molecule has 1 aromatic heterocycles. The van der Waals surface area contributed by atoms with E-state index in [0.717, 1.165) is 0 Å². The Balaban J connectivity index is 3.03. The molecule has 0 amide bonds. The predicted octanol–water partition coefficient (Wildman–Crippen LogP) is 1.78. The third-order valence-electron chi connectivity index (χ3n) is 2.43. The van der Waals surface area contributed by atoms with E-state index in [4.69, 9.17) is 0 Å². The van der Waals surface area contributed by atoms with Crippen molar-refractivity contribution in [1.29, 1.82) is 0 Å². The Morgan fingerprint density at radius 1 is 1.53 bits per heavy atom. The number of nitrogens with zero attached hydrogens (tertiary/aromatic N) is 2. The fraction of sp³-hybridized carbons (Fsp3) is 0.545. The molecule has 1 rings (SSSR count). The molecule has 0 bridgehead atoms. The van der Waals surface area contributed by atoms with E-state index in [1.807, 2.05) is 25.8 Å². The van der Waals surface area contributed by atoms with Gasteiger partial charge >= 0.3 is 0 Å². The summed E-state index contributed by atoms with van der Waals surface area (Å²) in [5, 5.41) is 2.93. The zero-order chi connectivity index (χ0) is 11.4. The lowest BCUT2D eigenvalue weighted by Crippen LogP contribution is -2.28. The number of halogens is 1. The molecule has 0 spiro atoms. The molecule has 0 fully saturated rings. The van der Waals surface area contributed by atoms with E-state index in [-0.39, 0.29) is 11.9 Å². The molecule has 1 heterocycles. The van der Waals surface area contributed by atoms with E-state index in [0.29, 0.717) is 17.9 Å². The van der Waals surface area contributed by atoms with Crippen LogP contribution in [0.2, 0.25) is 0 Å². The maximum Gasteiger partial charge on any atom is 0.170 e. The van der Waals surface area contributed by atoms with Gasteiger partial charge in [-0.3, -0.25) is 0 Å². The van der Waals surface area contributed by atoms with E-state index in [1.54, 1.807) is 19.3 Å². The summed E-state index contributed by atoms with van der Waals surface area (Å²) in [5.74, 6) is 0.181. The highest BCUT2D eigenvalue weighted by atomic mass is 19.1. The molecule has 0 aliphatic rings. The summed E-state index contributed by atoms with van der Waals surface area (Å²) < 4.78 is 13.9. The first-order valence-electron chi connectivity index (χ1n) is 5.08. The number of anilines is 1. The van der Waals surface area contributed by atoms with Crippen molar-refractivity contribution in [3.63, 3.8) is 0 Å². The Bertz CT molecular complexity index is 326. The molecule has 0 radical (unpaired) electrons. The first-order chi connectivity index (χ1) is 7.07. The van der Waals surface area contributed by atoms with E-state index in [1.165, 1.54) is 0 Å². The highest BCUT2D eigenvalue weighted by molar-refractivity contribution is 5.42. The summed E-state index contributed by atoms with van der Waals surface area (Å²) in [5.41, 5.74) is 0.648. The molecule has 15 heavy (non-hydrogen) atoms. The van der Waals surface area contributed by atoms with Gasteiger partial charge in [-0.25, -0.2) is 9.37 Å². The first-order valence-corrected chi connectivity index (χ1v) is 5.08. The fourth-order valence-electron chi connectivity index (χ4n) is 1.29. The van der Waals surface area contributed by atoms with Crippen molar-refractivity contribution in [2.75, 3.05) is 19.0 Å². The van der Waals surface area contributed by atoms with Gasteiger partial charge in [-0.1, -0.05) is 0 Å². The van der Waals surface area contributed by atoms with E-state index in [2.05, 4.69) is 10.3 Å². The summed E-state index contributed by atoms with van der Waals surface area (Å²) in [4.78, 5) is 5.89. The van der Waals surface area contributed by atoms with Crippen molar-refractivity contribution in [2.45, 2.75) is 26.4 Å². The van der Waals surface area contributed by atoms with Crippen LogP contribution in [0.1, 0.15) is 19.4 Å². The van der Waals surface area contributed by atoms with E-state index < -0.39 is 0 Å². The second-order valence-corrected chi connectivity index (χ2v) is 3.84. The Morgan fingerprint density at radius 2 is 2.20 bits per heavy atom. The van der Waals surface area contributed by atoms with Gasteiger partial charge in [0.15, 0.2) is 11.6 Å². The number of hydrogen-bond donors (Lipinski definition) is 1. The monoisotopic (exact) mass is 211 g/mol. The van der Waals surface area contributed by atoms with Crippen LogP contribution >= 0.6 is 0 Å². The second kappa shape index (κ2) is 5.07. The quantitative estimate of drug-likeness (QED) is 0.823. The molecule has 84 valence electrons. The van der Waals surface area contributed by atoms with Crippen LogP contribution in [-0.4, -0.2) is 25.1 Å². The highest BCUT2D eigenvalue weighted by Crippen LogP contribution is 2.19. The Labute approximate surface area is 90.3 Å². The number of hydrogen-bond acceptors (Lipinski definition) is 3. The summed E-state index contributed by atoms with van der Waals surface area (Å²) in [7, 11) is 3.64. The zero-order valence-electron chi connectivity index (χ0n) is 9.71. The normalized spacial score (nSPS) is 10.8. The van der Waals surface area contributed by atoms with Crippen LogP contribution in [0.4, 0.5) is 10.2 Å². The lowest BCUT2D eigenvalue weighted by atomic mass is 10.2. The molecule has 0 saturated heterocycles. The van der Waals surface area contributed by atoms with Gasteiger partial charge in [0.1, 0.15) is 0 Å². The van der Waals surface area contributed by atoms with E-state index in [9.17, 15) is 4.39 Å². The van der Waals surface area contributed by atoms with Gasteiger partial charge in [-0.15, -0.1) is 0 Å². The van der Waals surface area contributed by atoms with Gasteiger partial charge in [-0.2, -0.15) is 0 Å². The minimum absolute atomic E-state index is 0.233. The van der Waals surface area contributed by atoms with Gasteiger partial charge < -0.3 is 10.2 Å². The summed E-state index contributed by atoms with van der Waals surface area (Å²) in [6.45, 7) is 4.53. The Hall–Kier alpha value is -1.16. The largest absolute Gasteiger partial charge is 0.355 e. The zero-order valence-corrected chi connectivity index (χ0v) is 9.71. The third kappa shape index (κ3) is 2.65. The molecule has 1 N–H and O–H groups in total. The van der Waals surface area contributed by atoms with Gasteiger partial charge in [0.2, 0.25) is 0 Å². The first kappa shape index (κ1) is 11.9. The molecule has 1 aromatic rings. The van der Waals surface area contributed by atoms with Gasteiger partial charge in [0, 0.05) is 31.4 Å². The minimum Gasteiger partial charge on any atom is -0.355 e. The number of pyridine rings is 1. The summed E-state index contributed by atoms with van der Waals surface area (Å²) in [6, 6.07) is 1.93. The van der Waals surface area contributed by atoms with Crippen LogP contribution < -0.4 is 10.2 Å². The van der Waals surface area contributed by atoms with Crippen LogP contribution in [0.15, 0.2) is 12.3 Å². The molecule has 0 aliphatic carbocycles. The Kier molecular flexibility index (Phi) is 4.03. The lowest BCUT2D eigenvalue weighted by Gasteiger charge is -2.23. The van der Waals surface area contributed by atoms with Crippen LogP contribution in [-0.2, 0) is 6.54 Å². The van der Waals surface area contributed by atoms with Crippen molar-refractivity contribution in [3.8, 4) is 0 Å². The Morgan fingerprint density at radius 3 is 2.73 bits per heavy atom. The number of aromatic nitrogens is 1. The number of rotatable bonds is 4. The summed E-state index contributed by atoms with van der Waals surface area (Å²) in [6.07, 6.45) is 1.64. The van der Waals surface area contributed by atoms with Gasteiger partial charge in [0.05, 0.1) is 0 Å². The average molecular weight is 211 g/mol. The molecule has 0 aromatic carbocycles. The minimum atomic E-state index is -0.233. The van der Waals surface area contributed by atoms with E-state index >= 15 is 0 Å². The van der Waals surface area contributed by atoms with Crippen LogP contribution in [0.25, 0.3) is 0 Å². The van der Waals surface area contributed by atoms with Crippen LogP contribution in [0.5, 0.6) is 0 Å². The molecule has 0 aliphatic heterocycles. The van der Waals surface area contributed by atoms with Crippen molar-refractivity contribution in [1.82, 2.24) is 10.3 Å². The van der Waals surface area contributed by atoms with Crippen molar-refractivity contribution in [2.24, 2.45) is 0 Å². The highest BCUT2D eigenvalue weighted by Gasteiger charge is 2.14. The van der Waals surface area contributed by atoms with Crippen molar-refractivity contribution in [3.05, 3.63) is 23.6 Å². The molecule has 3 nitrogen and oxygen atoms in total. The van der Waals surface area contributed by atoms with Crippen LogP contribution in [0.3, 0.4) is 0 Å². The van der Waals surface area contributed by atoms with Crippen molar-refractivity contribution < 1.29 is 4.39 Å². The molecule has 0 saturated carbocycles. The molecular weight excluding hydrogens is 193 g/mol. The molecule has 0 atom stereocenters. The SMILES string of the molecule is CNCc1ccnc(N(C)C(C)C)c1F. The predicted molar refractivity (Wildman–Crippen MR) is 60.5 cm³/mol. The standard InChI is InChI=1S/C11H18FN3/c1-8(2)15(4)11-10(12)9(7-13-3)5-6-14-11/h5-6,8,13H,7H2,1-4H3. The smallest absolute Gasteiger partial charge is 0.170 e. The topological polar surface area (TPSA) is 28.2 Å². The summed E-state index contributed by atoms with van der Waals surface area (Å²) >= 11 is 0. The molecular formula is C11H18FN3. The molecule has 4 heteroatoms. The maximum absolute atomic E-state index is 13.9. The van der Waals surface area contributed by atoms with Crippen molar-refractivity contribution >= 4 is 5.82 Å².